The van der Waals surface area contributed by atoms with E-state index in [0.29, 0.717) is 6.10 Å². The fourth-order valence-electron chi connectivity index (χ4n) is 1.80. The summed E-state index contributed by atoms with van der Waals surface area (Å²) in [5.74, 6) is 1.72. The fraction of sp³-hybridized carbons (Fsp3) is 0.417. The molecule has 1 aliphatic carbocycles. The molecule has 5 heteroatoms. The molecule has 0 bridgehead atoms. The van der Waals surface area contributed by atoms with Crippen LogP contribution in [0.3, 0.4) is 0 Å². The van der Waals surface area contributed by atoms with Crippen LogP contribution in [0.2, 0.25) is 0 Å². The smallest absolute Gasteiger partial charge is 0.246 e. The molecule has 0 amide bonds. The first-order valence-corrected chi connectivity index (χ1v) is 7.88. The van der Waals surface area contributed by atoms with Gasteiger partial charge in [0.1, 0.15) is 0 Å². The molecule has 1 aromatic carbocycles. The van der Waals surface area contributed by atoms with Crippen molar-refractivity contribution < 1.29 is 4.43 Å². The molecule has 2 nitrogen and oxygen atoms in total. The molecule has 2 aromatic rings. The molecule has 0 N–H and O–H groups in total. The van der Waals surface area contributed by atoms with E-state index in [2.05, 4.69) is 33.7 Å². The maximum Gasteiger partial charge on any atom is 0.246 e. The molecular formula is C12H12NOS2Si. The van der Waals surface area contributed by atoms with E-state index >= 15 is 0 Å². The minimum atomic E-state index is 0.323. The first-order valence-electron chi connectivity index (χ1n) is 5.67. The lowest BCUT2D eigenvalue weighted by molar-refractivity contribution is 0.223. The molecule has 87 valence electrons. The van der Waals surface area contributed by atoms with E-state index in [4.69, 9.17) is 4.43 Å². The average molecular weight is 278 g/mol. The van der Waals surface area contributed by atoms with E-state index < -0.39 is 0 Å². The van der Waals surface area contributed by atoms with Gasteiger partial charge in [-0.2, -0.15) is 0 Å². The van der Waals surface area contributed by atoms with Crippen molar-refractivity contribution in [2.45, 2.75) is 23.3 Å². The van der Waals surface area contributed by atoms with Crippen LogP contribution in [0.25, 0.3) is 10.2 Å². The molecular weight excluding hydrogens is 266 g/mol. The topological polar surface area (TPSA) is 22.1 Å². The van der Waals surface area contributed by atoms with Crippen molar-refractivity contribution in [1.29, 1.82) is 0 Å². The second-order valence-corrected chi connectivity index (χ2v) is 6.79. The van der Waals surface area contributed by atoms with Crippen LogP contribution in [0.4, 0.5) is 0 Å². The summed E-state index contributed by atoms with van der Waals surface area (Å²) in [4.78, 5) is 4.61. The van der Waals surface area contributed by atoms with Gasteiger partial charge in [0.25, 0.3) is 0 Å². The monoisotopic (exact) mass is 278 g/mol. The maximum atomic E-state index is 5.33. The lowest BCUT2D eigenvalue weighted by Crippen LogP contribution is -2.16. The van der Waals surface area contributed by atoms with Crippen molar-refractivity contribution in [3.8, 4) is 0 Å². The number of nitrogens with zero attached hydrogens (tertiary/aromatic N) is 1. The molecule has 1 aliphatic rings. The Morgan fingerprint density at radius 3 is 3.00 bits per heavy atom. The number of aromatic nitrogens is 1. The van der Waals surface area contributed by atoms with Crippen LogP contribution in [-0.4, -0.2) is 27.3 Å². The molecule has 1 atom stereocenters. The van der Waals surface area contributed by atoms with Gasteiger partial charge < -0.3 is 4.43 Å². The van der Waals surface area contributed by atoms with Gasteiger partial charge in [-0.25, -0.2) is 4.98 Å². The average Bonchev–Trinajstić information content (AvgIpc) is 3.09. The predicted octanol–water partition coefficient (Wildman–Crippen LogP) is 3.27. The standard InChI is InChI=1S/C12H12NOS2Si/c17-14-10(8-5-6-8)7-15-12-13-9-3-1-2-4-11(9)16-12/h1-4,8,10H,5-7H2. The Hall–Kier alpha value is -0.363. The number of para-hydroxylation sites is 1. The SMILES string of the molecule is [Si]OC(CSc1nc2ccccc2s1)C1CC1. The summed E-state index contributed by atoms with van der Waals surface area (Å²) in [5, 5.41) is 0. The molecule has 17 heavy (non-hydrogen) atoms. The van der Waals surface area contributed by atoms with Crippen molar-refractivity contribution in [2.24, 2.45) is 5.92 Å². The van der Waals surface area contributed by atoms with Crippen LogP contribution in [0.5, 0.6) is 0 Å². The van der Waals surface area contributed by atoms with Gasteiger partial charge in [0.2, 0.25) is 10.5 Å². The van der Waals surface area contributed by atoms with Gasteiger partial charge in [-0.3, -0.25) is 0 Å². The minimum absolute atomic E-state index is 0.323. The van der Waals surface area contributed by atoms with Gasteiger partial charge in [-0.05, 0) is 30.9 Å². The lowest BCUT2D eigenvalue weighted by Gasteiger charge is -2.12. The Balaban J connectivity index is 1.67. The van der Waals surface area contributed by atoms with E-state index in [1.807, 2.05) is 6.07 Å². The van der Waals surface area contributed by atoms with Gasteiger partial charge in [0.05, 0.1) is 16.3 Å². The van der Waals surface area contributed by atoms with Crippen molar-refractivity contribution in [1.82, 2.24) is 4.98 Å². The zero-order valence-corrected chi connectivity index (χ0v) is 11.9. The third-order valence-corrected chi connectivity index (χ3v) is 5.52. The third-order valence-electron chi connectivity index (χ3n) is 2.94. The van der Waals surface area contributed by atoms with Crippen LogP contribution in [-0.2, 0) is 4.43 Å². The molecule has 0 aliphatic heterocycles. The summed E-state index contributed by atoms with van der Waals surface area (Å²) in [6.07, 6.45) is 2.93. The third kappa shape index (κ3) is 2.73. The molecule has 0 saturated heterocycles. The second-order valence-electron chi connectivity index (χ2n) is 4.25. The largest absolute Gasteiger partial charge is 0.415 e. The highest BCUT2D eigenvalue weighted by molar-refractivity contribution is 8.01. The van der Waals surface area contributed by atoms with Crippen LogP contribution in [0.1, 0.15) is 12.8 Å². The number of thiazole rings is 1. The van der Waals surface area contributed by atoms with Gasteiger partial charge in [0, 0.05) is 5.75 Å². The highest BCUT2D eigenvalue weighted by Crippen LogP contribution is 2.37. The normalized spacial score (nSPS) is 17.5. The van der Waals surface area contributed by atoms with E-state index in [0.717, 1.165) is 21.5 Å². The Labute approximate surface area is 112 Å². The molecule has 1 heterocycles. The van der Waals surface area contributed by atoms with Crippen LogP contribution in [0, 0.1) is 5.92 Å². The van der Waals surface area contributed by atoms with E-state index in [1.54, 1.807) is 23.1 Å². The first kappa shape index (κ1) is 11.7. The zero-order chi connectivity index (χ0) is 11.7. The van der Waals surface area contributed by atoms with Crippen molar-refractivity contribution in [3.05, 3.63) is 24.3 Å². The van der Waals surface area contributed by atoms with Crippen LogP contribution in [0.15, 0.2) is 28.6 Å². The van der Waals surface area contributed by atoms with Gasteiger partial charge in [-0.15, -0.1) is 11.3 Å². The molecule has 1 aromatic heterocycles. The molecule has 3 rings (SSSR count). The highest BCUT2D eigenvalue weighted by Gasteiger charge is 2.31. The minimum Gasteiger partial charge on any atom is -0.415 e. The molecule has 1 saturated carbocycles. The summed E-state index contributed by atoms with van der Waals surface area (Å²) >= 11 is 3.56. The number of hydrogen-bond donors (Lipinski definition) is 0. The Morgan fingerprint density at radius 2 is 2.29 bits per heavy atom. The Bertz CT molecular complexity index is 479. The molecule has 3 radical (unpaired) electrons. The van der Waals surface area contributed by atoms with Crippen molar-refractivity contribution in [3.63, 3.8) is 0 Å². The number of rotatable bonds is 5. The summed E-state index contributed by atoms with van der Waals surface area (Å²) in [7, 11) is 3.18. The van der Waals surface area contributed by atoms with Gasteiger partial charge in [-0.1, -0.05) is 23.9 Å². The van der Waals surface area contributed by atoms with Crippen molar-refractivity contribution >= 4 is 43.8 Å². The van der Waals surface area contributed by atoms with E-state index in [-0.39, 0.29) is 0 Å². The summed E-state index contributed by atoms with van der Waals surface area (Å²) in [6, 6.07) is 8.28. The predicted molar refractivity (Wildman–Crippen MR) is 73.7 cm³/mol. The summed E-state index contributed by atoms with van der Waals surface area (Å²) in [5.41, 5.74) is 1.10. The fourth-order valence-corrected chi connectivity index (χ4v) is 4.41. The first-order chi connectivity index (χ1) is 8.36. The second kappa shape index (κ2) is 5.10. The van der Waals surface area contributed by atoms with Gasteiger partial charge >= 0.3 is 0 Å². The number of hydrogen-bond acceptors (Lipinski definition) is 4. The van der Waals surface area contributed by atoms with Crippen LogP contribution >= 0.6 is 23.1 Å². The zero-order valence-electron chi connectivity index (χ0n) is 9.26. The Morgan fingerprint density at radius 1 is 1.47 bits per heavy atom. The highest BCUT2D eigenvalue weighted by atomic mass is 32.2. The van der Waals surface area contributed by atoms with Crippen LogP contribution < -0.4 is 0 Å². The quantitative estimate of drug-likeness (QED) is 0.619. The number of thioether (sulfide) groups is 1. The maximum absolute atomic E-state index is 5.33. The summed E-state index contributed by atoms with van der Waals surface area (Å²) in [6.45, 7) is 0. The van der Waals surface area contributed by atoms with Crippen molar-refractivity contribution in [2.75, 3.05) is 5.75 Å². The lowest BCUT2D eigenvalue weighted by atomic mass is 10.3. The number of benzene rings is 1. The Kier molecular flexibility index (Phi) is 3.51. The van der Waals surface area contributed by atoms with Gasteiger partial charge in [0.15, 0.2) is 4.34 Å². The molecule has 0 spiro atoms. The summed E-state index contributed by atoms with van der Waals surface area (Å²) < 4.78 is 7.73. The number of fused-ring (bicyclic) bond motifs is 1. The van der Waals surface area contributed by atoms with E-state index in [9.17, 15) is 0 Å². The van der Waals surface area contributed by atoms with E-state index in [1.165, 1.54) is 17.5 Å². The molecule has 1 unspecified atom stereocenters. The molecule has 1 fully saturated rings.